The fraction of sp³-hybridized carbons (Fsp3) is 0.611. The van der Waals surface area contributed by atoms with E-state index in [4.69, 9.17) is 0 Å². The average Bonchev–Trinajstić information content (AvgIpc) is 2.97. The van der Waals surface area contributed by atoms with Crippen LogP contribution < -0.4 is 5.32 Å². The van der Waals surface area contributed by atoms with E-state index >= 15 is 0 Å². The maximum Gasteiger partial charge on any atom is 0.0852 e. The van der Waals surface area contributed by atoms with Crippen LogP contribution in [0.2, 0.25) is 0 Å². The number of benzene rings is 1. The quantitative estimate of drug-likeness (QED) is 0.896. The summed E-state index contributed by atoms with van der Waals surface area (Å²) in [7, 11) is 0. The molecule has 112 valence electrons. The monoisotopic (exact) mass is 300 g/mol. The fourth-order valence-electron chi connectivity index (χ4n) is 3.88. The lowest BCUT2D eigenvalue weighted by Crippen LogP contribution is -2.53. The number of nitrogens with zero attached hydrogens (tertiary/aromatic N) is 1. The zero-order valence-electron chi connectivity index (χ0n) is 12.8. The fourth-order valence-corrected chi connectivity index (χ4v) is 4.80. The molecule has 2 aliphatic carbocycles. The molecule has 0 amide bonds. The van der Waals surface area contributed by atoms with Crippen LogP contribution >= 0.6 is 11.8 Å². The Morgan fingerprint density at radius 3 is 2.48 bits per heavy atom. The van der Waals surface area contributed by atoms with Crippen LogP contribution in [0.3, 0.4) is 0 Å². The predicted molar refractivity (Wildman–Crippen MR) is 89.5 cm³/mol. The van der Waals surface area contributed by atoms with E-state index in [2.05, 4.69) is 29.8 Å². The van der Waals surface area contributed by atoms with E-state index in [-0.39, 0.29) is 5.41 Å². The number of hydrogen-bond acceptors (Lipinski definition) is 3. The Morgan fingerprint density at radius 2 is 1.90 bits per heavy atom. The van der Waals surface area contributed by atoms with Crippen molar-refractivity contribution in [1.29, 1.82) is 5.26 Å². The second-order valence-corrected chi connectivity index (χ2v) is 7.91. The standard InChI is InChI=1S/C18H24N2S/c1-21-18(9-5-6-10-18)14-20-16-11-17(12-16,13-19)15-7-3-2-4-8-15/h2-4,7-8,16,20H,5-6,9-12,14H2,1H3. The highest BCUT2D eigenvalue weighted by Crippen LogP contribution is 2.45. The number of nitriles is 1. The molecule has 0 saturated heterocycles. The summed E-state index contributed by atoms with van der Waals surface area (Å²) in [5.41, 5.74) is 0.937. The SMILES string of the molecule is CSC1(CNC2CC(C#N)(c3ccccc3)C2)CCCC1. The smallest absolute Gasteiger partial charge is 0.0852 e. The highest BCUT2D eigenvalue weighted by molar-refractivity contribution is 8.00. The molecule has 0 atom stereocenters. The normalized spacial score (nSPS) is 30.6. The summed E-state index contributed by atoms with van der Waals surface area (Å²) in [6.45, 7) is 1.11. The average molecular weight is 300 g/mol. The minimum atomic E-state index is -0.249. The van der Waals surface area contributed by atoms with Crippen molar-refractivity contribution in [3.63, 3.8) is 0 Å². The second kappa shape index (κ2) is 6.02. The summed E-state index contributed by atoms with van der Waals surface area (Å²) in [5.74, 6) is 0. The Hall–Kier alpha value is -0.980. The third-order valence-corrected chi connectivity index (χ3v) is 6.81. The molecule has 2 saturated carbocycles. The number of nitrogens with one attached hydrogen (secondary N) is 1. The van der Waals surface area contributed by atoms with Gasteiger partial charge in [0.2, 0.25) is 0 Å². The molecule has 0 aromatic heterocycles. The Balaban J connectivity index is 1.57. The van der Waals surface area contributed by atoms with Gasteiger partial charge in [-0.25, -0.2) is 0 Å². The maximum atomic E-state index is 9.60. The molecule has 2 nitrogen and oxygen atoms in total. The maximum absolute atomic E-state index is 9.60. The summed E-state index contributed by atoms with van der Waals surface area (Å²) in [6, 6.07) is 13.4. The van der Waals surface area contributed by atoms with Gasteiger partial charge in [0.05, 0.1) is 11.5 Å². The molecule has 0 bridgehead atoms. The van der Waals surface area contributed by atoms with Gasteiger partial charge in [0, 0.05) is 17.3 Å². The van der Waals surface area contributed by atoms with Crippen LogP contribution in [0, 0.1) is 11.3 Å². The first-order valence-corrected chi connectivity index (χ1v) is 9.20. The van der Waals surface area contributed by atoms with Gasteiger partial charge in [-0.2, -0.15) is 17.0 Å². The van der Waals surface area contributed by atoms with Crippen molar-refractivity contribution >= 4 is 11.8 Å². The molecule has 1 aromatic rings. The number of hydrogen-bond donors (Lipinski definition) is 1. The lowest BCUT2D eigenvalue weighted by atomic mass is 9.62. The highest BCUT2D eigenvalue weighted by Gasteiger charge is 2.46. The Bertz CT molecular complexity index is 508. The molecule has 0 unspecified atom stereocenters. The van der Waals surface area contributed by atoms with Crippen molar-refractivity contribution in [2.24, 2.45) is 0 Å². The summed E-state index contributed by atoms with van der Waals surface area (Å²) < 4.78 is 0.456. The van der Waals surface area contributed by atoms with Crippen molar-refractivity contribution < 1.29 is 0 Å². The molecular weight excluding hydrogens is 276 g/mol. The largest absolute Gasteiger partial charge is 0.312 e. The topological polar surface area (TPSA) is 35.8 Å². The van der Waals surface area contributed by atoms with Crippen molar-refractivity contribution in [3.05, 3.63) is 35.9 Å². The molecule has 3 rings (SSSR count). The van der Waals surface area contributed by atoms with E-state index in [1.54, 1.807) is 0 Å². The lowest BCUT2D eigenvalue weighted by Gasteiger charge is -2.44. The molecule has 0 heterocycles. The molecule has 1 N–H and O–H groups in total. The third-order valence-electron chi connectivity index (χ3n) is 5.39. The lowest BCUT2D eigenvalue weighted by molar-refractivity contribution is 0.222. The molecule has 2 fully saturated rings. The molecule has 2 aliphatic rings. The van der Waals surface area contributed by atoms with E-state index in [0.29, 0.717) is 10.8 Å². The van der Waals surface area contributed by atoms with Crippen molar-refractivity contribution in [1.82, 2.24) is 5.32 Å². The van der Waals surface area contributed by atoms with Crippen molar-refractivity contribution in [2.75, 3.05) is 12.8 Å². The third kappa shape index (κ3) is 2.84. The minimum absolute atomic E-state index is 0.249. The summed E-state index contributed by atoms with van der Waals surface area (Å²) >= 11 is 2.03. The van der Waals surface area contributed by atoms with Gasteiger partial charge in [0.1, 0.15) is 0 Å². The van der Waals surface area contributed by atoms with Crippen molar-refractivity contribution in [3.8, 4) is 6.07 Å². The van der Waals surface area contributed by atoms with Crippen LogP contribution in [0.1, 0.15) is 44.1 Å². The Labute approximate surface area is 132 Å². The van der Waals surface area contributed by atoms with Gasteiger partial charge in [-0.15, -0.1) is 0 Å². The van der Waals surface area contributed by atoms with Gasteiger partial charge in [-0.1, -0.05) is 43.2 Å². The van der Waals surface area contributed by atoms with E-state index in [9.17, 15) is 5.26 Å². The van der Waals surface area contributed by atoms with E-state index in [1.807, 2.05) is 30.0 Å². The van der Waals surface area contributed by atoms with Gasteiger partial charge in [-0.05, 0) is 37.5 Å². The molecule has 0 aliphatic heterocycles. The molecule has 0 spiro atoms. The van der Waals surface area contributed by atoms with Gasteiger partial charge < -0.3 is 5.32 Å². The van der Waals surface area contributed by atoms with Crippen molar-refractivity contribution in [2.45, 2.75) is 54.7 Å². The summed E-state index contributed by atoms with van der Waals surface area (Å²) in [5, 5.41) is 13.3. The van der Waals surface area contributed by atoms with Crippen LogP contribution in [0.15, 0.2) is 30.3 Å². The zero-order chi connectivity index (χ0) is 14.8. The van der Waals surface area contributed by atoms with Gasteiger partial charge in [0.15, 0.2) is 0 Å². The first-order valence-electron chi connectivity index (χ1n) is 7.97. The van der Waals surface area contributed by atoms with Crippen LogP contribution in [0.25, 0.3) is 0 Å². The first kappa shape index (κ1) is 14.9. The van der Waals surface area contributed by atoms with E-state index in [1.165, 1.54) is 31.2 Å². The van der Waals surface area contributed by atoms with E-state index in [0.717, 1.165) is 19.4 Å². The van der Waals surface area contributed by atoms with Gasteiger partial charge >= 0.3 is 0 Å². The van der Waals surface area contributed by atoms with Gasteiger partial charge in [0.25, 0.3) is 0 Å². The van der Waals surface area contributed by atoms with E-state index < -0.39 is 0 Å². The summed E-state index contributed by atoms with van der Waals surface area (Å²) in [6.07, 6.45) is 9.60. The minimum Gasteiger partial charge on any atom is -0.312 e. The molecule has 1 aromatic carbocycles. The van der Waals surface area contributed by atoms with Crippen LogP contribution in [-0.2, 0) is 5.41 Å². The predicted octanol–water partition coefficient (Wildman–Crippen LogP) is 3.88. The molecule has 0 radical (unpaired) electrons. The number of rotatable bonds is 5. The zero-order valence-corrected chi connectivity index (χ0v) is 13.6. The molecule has 3 heteroatoms. The van der Waals surface area contributed by atoms with Crippen LogP contribution in [-0.4, -0.2) is 23.6 Å². The van der Waals surface area contributed by atoms with Crippen LogP contribution in [0.5, 0.6) is 0 Å². The number of thioether (sulfide) groups is 1. The van der Waals surface area contributed by atoms with Gasteiger partial charge in [-0.3, -0.25) is 0 Å². The molecule has 21 heavy (non-hydrogen) atoms. The highest BCUT2D eigenvalue weighted by atomic mass is 32.2. The Kier molecular flexibility index (Phi) is 4.28. The summed E-state index contributed by atoms with van der Waals surface area (Å²) in [4.78, 5) is 0. The Morgan fingerprint density at radius 1 is 1.24 bits per heavy atom. The molecular formula is C18H24N2S. The second-order valence-electron chi connectivity index (χ2n) is 6.64. The van der Waals surface area contributed by atoms with Crippen LogP contribution in [0.4, 0.5) is 0 Å². The first-order chi connectivity index (χ1) is 10.2.